The van der Waals surface area contributed by atoms with E-state index in [4.69, 9.17) is 9.84 Å². The summed E-state index contributed by atoms with van der Waals surface area (Å²) in [5.41, 5.74) is 3.09. The maximum atomic E-state index is 13.9. The Morgan fingerprint density at radius 3 is 2.34 bits per heavy atom. The van der Waals surface area contributed by atoms with E-state index >= 15 is 0 Å². The summed E-state index contributed by atoms with van der Waals surface area (Å²) in [5, 5.41) is 7.78. The molecule has 0 fully saturated rings. The second kappa shape index (κ2) is 10.9. The Morgan fingerprint density at radius 1 is 0.974 bits per heavy atom. The number of nitrogens with zero attached hydrogens (tertiary/aromatic N) is 3. The lowest BCUT2D eigenvalue weighted by atomic mass is 9.94. The molecule has 2 amide bonds. The number of amides is 2. The minimum atomic E-state index is -1.11. The highest BCUT2D eigenvalue weighted by Gasteiger charge is 2.47. The molecule has 3 aromatic carbocycles. The summed E-state index contributed by atoms with van der Waals surface area (Å²) in [5.74, 6) is 0.408. The Balaban J connectivity index is 1.42. The number of benzene rings is 3. The molecular formula is C31H32N4O3. The van der Waals surface area contributed by atoms with Gasteiger partial charge in [0.1, 0.15) is 17.0 Å². The standard InChI is InChI=1S/C31H32N4O3/c1-3-38-26-16-14-23(15-17-26)18-19-34-29(36)28-20-27(25-12-8-5-9-13-25)33-35(28)22-31(34,2)30(37)32-21-24-10-6-4-7-11-24/h4-17,20H,3,18-19,21-22H2,1-2H3,(H,32,37)/t31-/m0/s1. The first-order valence-electron chi connectivity index (χ1n) is 13.0. The van der Waals surface area contributed by atoms with Crippen LogP contribution in [0.3, 0.4) is 0 Å². The Hall–Kier alpha value is -4.39. The molecule has 4 aromatic rings. The van der Waals surface area contributed by atoms with Gasteiger partial charge in [0.25, 0.3) is 5.91 Å². The zero-order valence-electron chi connectivity index (χ0n) is 21.8. The second-order valence-corrected chi connectivity index (χ2v) is 9.66. The molecule has 7 heteroatoms. The first-order valence-corrected chi connectivity index (χ1v) is 13.0. The van der Waals surface area contributed by atoms with Gasteiger partial charge in [-0.2, -0.15) is 5.10 Å². The lowest BCUT2D eigenvalue weighted by Gasteiger charge is -2.43. The topological polar surface area (TPSA) is 76.5 Å². The van der Waals surface area contributed by atoms with Crippen LogP contribution >= 0.6 is 0 Å². The fourth-order valence-electron chi connectivity index (χ4n) is 4.87. The molecule has 0 radical (unpaired) electrons. The van der Waals surface area contributed by atoms with E-state index in [1.807, 2.05) is 105 Å². The van der Waals surface area contributed by atoms with Gasteiger partial charge in [0.05, 0.1) is 18.8 Å². The fourth-order valence-corrected chi connectivity index (χ4v) is 4.87. The van der Waals surface area contributed by atoms with Crippen molar-refractivity contribution < 1.29 is 14.3 Å². The Bertz CT molecular complexity index is 1400. The van der Waals surface area contributed by atoms with Crippen LogP contribution in [0.4, 0.5) is 0 Å². The number of hydrogen-bond donors (Lipinski definition) is 1. The van der Waals surface area contributed by atoms with Gasteiger partial charge in [0.15, 0.2) is 0 Å². The van der Waals surface area contributed by atoms with Crippen molar-refractivity contribution in [3.8, 4) is 17.0 Å². The zero-order chi connectivity index (χ0) is 26.5. The fraction of sp³-hybridized carbons (Fsp3) is 0.258. The van der Waals surface area contributed by atoms with Gasteiger partial charge in [-0.15, -0.1) is 0 Å². The monoisotopic (exact) mass is 508 g/mol. The second-order valence-electron chi connectivity index (χ2n) is 9.66. The van der Waals surface area contributed by atoms with Crippen molar-refractivity contribution in [2.75, 3.05) is 13.2 Å². The third-order valence-electron chi connectivity index (χ3n) is 7.01. The van der Waals surface area contributed by atoms with Gasteiger partial charge in [-0.25, -0.2) is 0 Å². The molecule has 5 rings (SSSR count). The molecule has 1 aliphatic heterocycles. The van der Waals surface area contributed by atoms with Crippen molar-refractivity contribution in [2.45, 2.75) is 38.9 Å². The third-order valence-corrected chi connectivity index (χ3v) is 7.01. The average molecular weight is 509 g/mol. The van der Waals surface area contributed by atoms with Gasteiger partial charge >= 0.3 is 0 Å². The van der Waals surface area contributed by atoms with Gasteiger partial charge in [0, 0.05) is 18.7 Å². The van der Waals surface area contributed by atoms with Crippen LogP contribution in [0.15, 0.2) is 91.0 Å². The number of ether oxygens (including phenoxy) is 1. The zero-order valence-corrected chi connectivity index (χ0v) is 21.8. The number of carbonyl (C=O) groups excluding carboxylic acids is 2. The number of fused-ring (bicyclic) bond motifs is 1. The van der Waals surface area contributed by atoms with E-state index in [2.05, 4.69) is 5.32 Å². The molecule has 1 aliphatic rings. The van der Waals surface area contributed by atoms with Crippen molar-refractivity contribution in [1.82, 2.24) is 20.0 Å². The van der Waals surface area contributed by atoms with Crippen LogP contribution in [0.1, 0.15) is 35.5 Å². The maximum Gasteiger partial charge on any atom is 0.273 e. The third kappa shape index (κ3) is 5.18. The lowest BCUT2D eigenvalue weighted by Crippen LogP contribution is -2.64. The summed E-state index contributed by atoms with van der Waals surface area (Å²) in [6, 6.07) is 29.2. The molecule has 0 saturated carbocycles. The first-order chi connectivity index (χ1) is 18.5. The molecule has 38 heavy (non-hydrogen) atoms. The minimum absolute atomic E-state index is 0.200. The normalized spacial score (nSPS) is 16.7. The van der Waals surface area contributed by atoms with Gasteiger partial charge in [-0.3, -0.25) is 14.3 Å². The quantitative estimate of drug-likeness (QED) is 0.355. The number of aromatic nitrogens is 2. The SMILES string of the molecule is CCOc1ccc(CCN2C(=O)c3cc(-c4ccccc4)nn3C[C@@]2(C)C(=O)NCc2ccccc2)cc1. The summed E-state index contributed by atoms with van der Waals surface area (Å²) < 4.78 is 7.23. The van der Waals surface area contributed by atoms with Gasteiger partial charge in [-0.1, -0.05) is 72.8 Å². The molecule has 7 nitrogen and oxygen atoms in total. The van der Waals surface area contributed by atoms with Crippen molar-refractivity contribution in [2.24, 2.45) is 0 Å². The molecule has 2 heterocycles. The predicted molar refractivity (Wildman–Crippen MR) is 147 cm³/mol. The summed E-state index contributed by atoms with van der Waals surface area (Å²) >= 11 is 0. The molecule has 1 atom stereocenters. The highest BCUT2D eigenvalue weighted by atomic mass is 16.5. The van der Waals surface area contributed by atoms with E-state index in [0.717, 1.165) is 22.4 Å². The van der Waals surface area contributed by atoms with Gasteiger partial charge in [0.2, 0.25) is 5.91 Å². The van der Waals surface area contributed by atoms with Crippen LogP contribution in [-0.4, -0.2) is 45.2 Å². The van der Waals surface area contributed by atoms with E-state index in [9.17, 15) is 9.59 Å². The average Bonchev–Trinajstić information content (AvgIpc) is 3.37. The summed E-state index contributed by atoms with van der Waals surface area (Å²) in [6.07, 6.45) is 0.610. The molecule has 194 valence electrons. The Kier molecular flexibility index (Phi) is 7.26. The summed E-state index contributed by atoms with van der Waals surface area (Å²) in [6.45, 7) is 5.44. The largest absolute Gasteiger partial charge is 0.494 e. The Labute approximate surface area is 223 Å². The molecule has 0 bridgehead atoms. The summed E-state index contributed by atoms with van der Waals surface area (Å²) in [4.78, 5) is 29.3. The number of rotatable bonds is 9. The smallest absolute Gasteiger partial charge is 0.273 e. The highest BCUT2D eigenvalue weighted by Crippen LogP contribution is 2.30. The lowest BCUT2D eigenvalue weighted by molar-refractivity contribution is -0.133. The number of carbonyl (C=O) groups is 2. The molecule has 0 saturated heterocycles. The van der Waals surface area contributed by atoms with E-state index in [1.165, 1.54) is 0 Å². The minimum Gasteiger partial charge on any atom is -0.494 e. The van der Waals surface area contributed by atoms with Crippen LogP contribution in [0.25, 0.3) is 11.3 Å². The van der Waals surface area contributed by atoms with E-state index in [1.54, 1.807) is 9.58 Å². The predicted octanol–water partition coefficient (Wildman–Crippen LogP) is 4.72. The van der Waals surface area contributed by atoms with Crippen LogP contribution < -0.4 is 10.1 Å². The molecule has 1 N–H and O–H groups in total. The van der Waals surface area contributed by atoms with E-state index in [-0.39, 0.29) is 18.4 Å². The molecule has 0 aliphatic carbocycles. The molecule has 1 aromatic heterocycles. The highest BCUT2D eigenvalue weighted by molar-refractivity contribution is 6.00. The van der Waals surface area contributed by atoms with Crippen molar-refractivity contribution >= 4 is 11.8 Å². The van der Waals surface area contributed by atoms with E-state index in [0.29, 0.717) is 37.5 Å². The van der Waals surface area contributed by atoms with E-state index < -0.39 is 5.54 Å². The molecule has 0 unspecified atom stereocenters. The van der Waals surface area contributed by atoms with Crippen LogP contribution in [0.5, 0.6) is 5.75 Å². The maximum absolute atomic E-state index is 13.9. The first kappa shape index (κ1) is 25.3. The van der Waals surface area contributed by atoms with Crippen molar-refractivity contribution in [1.29, 1.82) is 0 Å². The van der Waals surface area contributed by atoms with Crippen molar-refractivity contribution in [3.63, 3.8) is 0 Å². The van der Waals surface area contributed by atoms with Gasteiger partial charge in [-0.05, 0) is 49.6 Å². The van der Waals surface area contributed by atoms with Gasteiger partial charge < -0.3 is 15.0 Å². The summed E-state index contributed by atoms with van der Waals surface area (Å²) in [7, 11) is 0. The van der Waals surface area contributed by atoms with Crippen LogP contribution in [0.2, 0.25) is 0 Å². The van der Waals surface area contributed by atoms with Crippen LogP contribution in [0, 0.1) is 0 Å². The Morgan fingerprint density at radius 2 is 1.66 bits per heavy atom. The number of hydrogen-bond acceptors (Lipinski definition) is 4. The van der Waals surface area contributed by atoms with Crippen LogP contribution in [-0.2, 0) is 24.3 Å². The molecular weight excluding hydrogens is 476 g/mol. The number of nitrogens with one attached hydrogen (secondary N) is 1. The molecule has 0 spiro atoms. The van der Waals surface area contributed by atoms with Crippen molar-refractivity contribution in [3.05, 3.63) is 108 Å².